The van der Waals surface area contributed by atoms with E-state index in [0.717, 1.165) is 18.5 Å². The van der Waals surface area contributed by atoms with Crippen LogP contribution in [0.2, 0.25) is 0 Å². The molecule has 0 N–H and O–H groups in total. The van der Waals surface area contributed by atoms with Crippen LogP contribution in [0.15, 0.2) is 139 Å². The number of thiophene rings is 1. The zero-order chi connectivity index (χ0) is 30.8. The summed E-state index contributed by atoms with van der Waals surface area (Å²) in [5.41, 5.74) is 9.40. The number of allylic oxidation sites excluding steroid dienone is 3. The monoisotopic (exact) mass is 609 g/mol. The number of aromatic nitrogens is 1. The molecule has 3 heterocycles. The Morgan fingerprint density at radius 3 is 2.48 bits per heavy atom. The van der Waals surface area contributed by atoms with Gasteiger partial charge in [0.2, 0.25) is 0 Å². The molecule has 0 spiro atoms. The molecule has 2 atom stereocenters. The van der Waals surface area contributed by atoms with E-state index in [2.05, 4.69) is 138 Å². The second-order valence-electron chi connectivity index (χ2n) is 12.5. The highest BCUT2D eigenvalue weighted by atomic mass is 32.1. The molecule has 4 heteroatoms. The summed E-state index contributed by atoms with van der Waals surface area (Å²) in [7, 11) is 0. The average Bonchev–Trinajstić information content (AvgIpc) is 3.64. The highest BCUT2D eigenvalue weighted by Gasteiger charge is 2.34. The first-order valence-electron chi connectivity index (χ1n) is 16.0. The fourth-order valence-electron chi connectivity index (χ4n) is 7.47. The Labute approximate surface area is 272 Å². The first-order chi connectivity index (χ1) is 22.7. The van der Waals surface area contributed by atoms with E-state index in [4.69, 9.17) is 0 Å². The first kappa shape index (κ1) is 27.0. The molecule has 0 amide bonds. The Balaban J connectivity index is 1.13. The second kappa shape index (κ2) is 10.6. The van der Waals surface area contributed by atoms with Crippen molar-refractivity contribution in [3.63, 3.8) is 0 Å². The Kier molecular flexibility index (Phi) is 6.23. The third kappa shape index (κ3) is 4.16. The predicted octanol–water partition coefficient (Wildman–Crippen LogP) is 10.8. The maximum atomic E-state index is 9.56. The number of para-hydroxylation sites is 1. The lowest BCUT2D eigenvalue weighted by Crippen LogP contribution is -2.43. The van der Waals surface area contributed by atoms with Crippen LogP contribution in [-0.2, 0) is 6.54 Å². The Bertz CT molecular complexity index is 2460. The van der Waals surface area contributed by atoms with Gasteiger partial charge in [0.25, 0.3) is 0 Å². The molecule has 1 aliphatic carbocycles. The maximum absolute atomic E-state index is 9.56. The summed E-state index contributed by atoms with van der Waals surface area (Å²) in [6.45, 7) is 3.12. The van der Waals surface area contributed by atoms with Gasteiger partial charge in [-0.2, -0.15) is 5.26 Å². The zero-order valence-electron chi connectivity index (χ0n) is 25.5. The highest BCUT2D eigenvalue weighted by molar-refractivity contribution is 7.26. The van der Waals surface area contributed by atoms with Crippen molar-refractivity contribution in [2.24, 2.45) is 5.92 Å². The summed E-state index contributed by atoms with van der Waals surface area (Å²) in [5.74, 6) is 0.504. The number of nitrogens with zero attached hydrogens (tertiary/aromatic N) is 3. The van der Waals surface area contributed by atoms with Crippen molar-refractivity contribution in [2.45, 2.75) is 25.9 Å². The molecule has 0 saturated carbocycles. The highest BCUT2D eigenvalue weighted by Crippen LogP contribution is 2.44. The Morgan fingerprint density at radius 1 is 0.826 bits per heavy atom. The Hall–Kier alpha value is -5.37. The number of fused-ring (bicyclic) bond motifs is 7. The van der Waals surface area contributed by atoms with Crippen molar-refractivity contribution in [3.8, 4) is 11.8 Å². The molecular formula is C42H31N3S. The lowest BCUT2D eigenvalue weighted by atomic mass is 9.82. The van der Waals surface area contributed by atoms with Crippen LogP contribution in [0.3, 0.4) is 0 Å². The molecule has 46 heavy (non-hydrogen) atoms. The molecule has 2 aliphatic rings. The summed E-state index contributed by atoms with van der Waals surface area (Å²) >= 11 is 1.89. The van der Waals surface area contributed by atoms with Crippen molar-refractivity contribution in [1.82, 2.24) is 9.47 Å². The molecule has 3 nitrogen and oxygen atoms in total. The SMILES string of the molecule is CC1CC=CC=C1C1C=C(c2cccc(C#N)c2)N1Cc1ccc(-n2c3ccccc3c3ccc4c5ccccc5sc4c32)cc1. The van der Waals surface area contributed by atoms with E-state index in [1.165, 1.54) is 64.5 Å². The third-order valence-electron chi connectivity index (χ3n) is 9.80. The van der Waals surface area contributed by atoms with Crippen LogP contribution >= 0.6 is 11.3 Å². The maximum Gasteiger partial charge on any atom is 0.0991 e. The summed E-state index contributed by atoms with van der Waals surface area (Å²) in [4.78, 5) is 2.51. The van der Waals surface area contributed by atoms with Crippen LogP contribution < -0.4 is 0 Å². The van der Waals surface area contributed by atoms with Crippen LogP contribution in [0.25, 0.3) is 53.4 Å². The molecule has 9 rings (SSSR count). The van der Waals surface area contributed by atoms with Gasteiger partial charge in [-0.3, -0.25) is 0 Å². The molecule has 0 bridgehead atoms. The number of benzene rings is 5. The molecule has 5 aromatic carbocycles. The normalized spacial score (nSPS) is 17.8. The molecule has 220 valence electrons. The van der Waals surface area contributed by atoms with Gasteiger partial charge in [0.15, 0.2) is 0 Å². The molecule has 2 unspecified atom stereocenters. The van der Waals surface area contributed by atoms with Gasteiger partial charge < -0.3 is 9.47 Å². The van der Waals surface area contributed by atoms with E-state index in [1.807, 2.05) is 29.5 Å². The molecule has 0 fully saturated rings. The second-order valence-corrected chi connectivity index (χ2v) is 13.6. The van der Waals surface area contributed by atoms with Crippen LogP contribution in [-0.4, -0.2) is 15.5 Å². The van der Waals surface area contributed by atoms with E-state index in [9.17, 15) is 5.26 Å². The standard InChI is InChI=1S/C42H31N3S/c1-27-9-2-3-12-32(27)39-24-38(30-11-8-10-29(23-30)25-43)44(39)26-28-17-19-31(20-18-28)45-37-15-6-4-13-33(37)35-21-22-36-34-14-5-7-16-40(34)46-42(36)41(35)45/h2-8,10-24,27,39H,9,26H2,1H3. The van der Waals surface area contributed by atoms with Gasteiger partial charge in [-0.25, -0.2) is 0 Å². The van der Waals surface area contributed by atoms with Crippen LogP contribution in [0.1, 0.15) is 30.0 Å². The molecule has 0 radical (unpaired) electrons. The van der Waals surface area contributed by atoms with Crippen LogP contribution in [0.5, 0.6) is 0 Å². The minimum absolute atomic E-state index is 0.249. The number of rotatable bonds is 5. The summed E-state index contributed by atoms with van der Waals surface area (Å²) in [6.07, 6.45) is 10.2. The first-order valence-corrected chi connectivity index (χ1v) is 16.8. The van der Waals surface area contributed by atoms with Crippen molar-refractivity contribution in [1.29, 1.82) is 5.26 Å². The van der Waals surface area contributed by atoms with Gasteiger partial charge in [-0.15, -0.1) is 11.3 Å². The smallest absolute Gasteiger partial charge is 0.0991 e. The molecule has 7 aromatic rings. The van der Waals surface area contributed by atoms with Crippen molar-refractivity contribution in [2.75, 3.05) is 0 Å². The topological polar surface area (TPSA) is 32.0 Å². The van der Waals surface area contributed by atoms with Crippen LogP contribution in [0.4, 0.5) is 0 Å². The fourth-order valence-corrected chi connectivity index (χ4v) is 8.71. The van der Waals surface area contributed by atoms with E-state index >= 15 is 0 Å². The lowest BCUT2D eigenvalue weighted by molar-refractivity contribution is 0.308. The van der Waals surface area contributed by atoms with E-state index in [0.29, 0.717) is 11.5 Å². The Morgan fingerprint density at radius 2 is 1.63 bits per heavy atom. The summed E-state index contributed by atoms with van der Waals surface area (Å²) in [5, 5.41) is 14.8. The lowest BCUT2D eigenvalue weighted by Gasteiger charge is -2.45. The molecule has 0 saturated heterocycles. The largest absolute Gasteiger partial charge is 0.357 e. The number of nitriles is 1. The van der Waals surface area contributed by atoms with E-state index < -0.39 is 0 Å². The molecule has 2 aromatic heterocycles. The quantitative estimate of drug-likeness (QED) is 0.194. The van der Waals surface area contributed by atoms with E-state index in [-0.39, 0.29) is 6.04 Å². The average molecular weight is 610 g/mol. The van der Waals surface area contributed by atoms with Gasteiger partial charge in [-0.1, -0.05) is 97.9 Å². The van der Waals surface area contributed by atoms with Crippen molar-refractivity contribution < 1.29 is 0 Å². The van der Waals surface area contributed by atoms with Gasteiger partial charge >= 0.3 is 0 Å². The third-order valence-corrected chi connectivity index (χ3v) is 11.0. The minimum Gasteiger partial charge on any atom is -0.357 e. The summed E-state index contributed by atoms with van der Waals surface area (Å²) < 4.78 is 5.11. The van der Waals surface area contributed by atoms with Crippen molar-refractivity contribution >= 4 is 59.0 Å². The summed E-state index contributed by atoms with van der Waals surface area (Å²) in [6, 6.07) is 41.8. The molecular weight excluding hydrogens is 579 g/mol. The predicted molar refractivity (Wildman–Crippen MR) is 193 cm³/mol. The van der Waals surface area contributed by atoms with E-state index in [1.54, 1.807) is 0 Å². The fraction of sp³-hybridized carbons (Fsp3) is 0.119. The minimum atomic E-state index is 0.249. The van der Waals surface area contributed by atoms with Crippen molar-refractivity contribution in [3.05, 3.63) is 156 Å². The molecule has 1 aliphatic heterocycles. The van der Waals surface area contributed by atoms with Gasteiger partial charge in [0.05, 0.1) is 33.4 Å². The van der Waals surface area contributed by atoms with Gasteiger partial charge in [-0.05, 0) is 71.5 Å². The number of hydrogen-bond acceptors (Lipinski definition) is 3. The number of hydrogen-bond donors (Lipinski definition) is 0. The van der Waals surface area contributed by atoms with Crippen LogP contribution in [0, 0.1) is 17.2 Å². The van der Waals surface area contributed by atoms with Gasteiger partial charge in [0.1, 0.15) is 0 Å². The zero-order valence-corrected chi connectivity index (χ0v) is 26.3. The van der Waals surface area contributed by atoms with Gasteiger partial charge in [0, 0.05) is 44.2 Å².